The van der Waals surface area contributed by atoms with Gasteiger partial charge in [0.05, 0.1) is 12.0 Å². The number of alkyl halides is 1. The normalized spacial score (nSPS) is 16.2. The Morgan fingerprint density at radius 3 is 3.07 bits per heavy atom. The van der Waals surface area contributed by atoms with Gasteiger partial charge in [-0.05, 0) is 29.7 Å². The highest BCUT2D eigenvalue weighted by Crippen LogP contribution is 2.37. The highest BCUT2D eigenvalue weighted by atomic mass is 79.9. The fourth-order valence-electron chi connectivity index (χ4n) is 1.68. The third-order valence-electron chi connectivity index (χ3n) is 2.50. The first-order valence-electron chi connectivity index (χ1n) is 4.81. The average molecular weight is 276 g/mol. The van der Waals surface area contributed by atoms with Crippen molar-refractivity contribution in [3.8, 4) is 5.75 Å². The molecule has 1 aliphatic heterocycles. The molecule has 76 valence electrons. The largest absolute Gasteiger partial charge is 0.493 e. The third-order valence-corrected chi connectivity index (χ3v) is 3.74. The molecule has 1 unspecified atom stereocenters. The van der Waals surface area contributed by atoms with Gasteiger partial charge in [-0.3, -0.25) is 0 Å². The Balaban J connectivity index is 2.42. The van der Waals surface area contributed by atoms with E-state index in [9.17, 15) is 0 Å². The molecule has 0 spiro atoms. The molecular formula is C11H12BrClO. The summed E-state index contributed by atoms with van der Waals surface area (Å²) >= 11 is 9.75. The van der Waals surface area contributed by atoms with E-state index in [-0.39, 0.29) is 5.38 Å². The zero-order valence-electron chi connectivity index (χ0n) is 8.02. The van der Waals surface area contributed by atoms with Crippen LogP contribution in [0.25, 0.3) is 0 Å². The molecule has 0 N–H and O–H groups in total. The summed E-state index contributed by atoms with van der Waals surface area (Å²) in [6.07, 6.45) is 1.95. The fraction of sp³-hybridized carbons (Fsp3) is 0.455. The first-order chi connectivity index (χ1) is 6.72. The zero-order chi connectivity index (χ0) is 10.1. The van der Waals surface area contributed by atoms with Crippen molar-refractivity contribution in [1.29, 1.82) is 0 Å². The van der Waals surface area contributed by atoms with Gasteiger partial charge in [0.15, 0.2) is 0 Å². The molecule has 0 aliphatic carbocycles. The van der Waals surface area contributed by atoms with E-state index in [1.54, 1.807) is 0 Å². The minimum absolute atomic E-state index is 0.0928. The number of rotatable bonds is 2. The molecule has 3 heteroatoms. The minimum Gasteiger partial charge on any atom is -0.493 e. The molecule has 1 aromatic rings. The van der Waals surface area contributed by atoms with E-state index >= 15 is 0 Å². The Morgan fingerprint density at radius 1 is 1.57 bits per heavy atom. The van der Waals surface area contributed by atoms with E-state index in [1.165, 1.54) is 11.1 Å². The lowest BCUT2D eigenvalue weighted by molar-refractivity contribution is 0.356. The smallest absolute Gasteiger partial charge is 0.123 e. The molecule has 0 aromatic heterocycles. The number of benzene rings is 1. The molecule has 1 aromatic carbocycles. The van der Waals surface area contributed by atoms with E-state index in [4.69, 9.17) is 16.3 Å². The SMILES string of the molecule is CCC(Cl)c1cc2c(cc1Br)OCC2. The quantitative estimate of drug-likeness (QED) is 0.739. The van der Waals surface area contributed by atoms with Crippen molar-refractivity contribution in [2.75, 3.05) is 6.61 Å². The molecule has 0 saturated carbocycles. The summed E-state index contributed by atoms with van der Waals surface area (Å²) in [7, 11) is 0. The average Bonchev–Trinajstić information content (AvgIpc) is 2.62. The predicted octanol–water partition coefficient (Wildman–Crippen LogP) is 4.07. The van der Waals surface area contributed by atoms with Crippen LogP contribution in [0.1, 0.15) is 29.8 Å². The van der Waals surface area contributed by atoms with Gasteiger partial charge in [0.25, 0.3) is 0 Å². The Labute approximate surface area is 97.5 Å². The summed E-state index contributed by atoms with van der Waals surface area (Å²) in [6, 6.07) is 4.19. The summed E-state index contributed by atoms with van der Waals surface area (Å²) in [4.78, 5) is 0. The first kappa shape index (κ1) is 10.3. The molecule has 14 heavy (non-hydrogen) atoms. The molecule has 0 radical (unpaired) electrons. The van der Waals surface area contributed by atoms with Gasteiger partial charge in [0.2, 0.25) is 0 Å². The molecular weight excluding hydrogens is 263 g/mol. The van der Waals surface area contributed by atoms with Gasteiger partial charge in [0.1, 0.15) is 5.75 Å². The number of ether oxygens (including phenoxy) is 1. The molecule has 1 nitrogen and oxygen atoms in total. The second kappa shape index (κ2) is 4.11. The Kier molecular flexibility index (Phi) is 3.03. The first-order valence-corrected chi connectivity index (χ1v) is 6.04. The van der Waals surface area contributed by atoms with E-state index in [1.807, 2.05) is 6.07 Å². The van der Waals surface area contributed by atoms with E-state index in [0.717, 1.165) is 29.7 Å². The van der Waals surface area contributed by atoms with Gasteiger partial charge in [-0.15, -0.1) is 11.6 Å². The van der Waals surface area contributed by atoms with Gasteiger partial charge in [-0.25, -0.2) is 0 Å². The lowest BCUT2D eigenvalue weighted by Gasteiger charge is -2.11. The van der Waals surface area contributed by atoms with Crippen LogP contribution in [-0.2, 0) is 6.42 Å². The maximum atomic E-state index is 6.23. The second-order valence-corrected chi connectivity index (χ2v) is 4.84. The van der Waals surface area contributed by atoms with Crippen molar-refractivity contribution >= 4 is 27.5 Å². The molecule has 0 bridgehead atoms. The monoisotopic (exact) mass is 274 g/mol. The van der Waals surface area contributed by atoms with Gasteiger partial charge in [0, 0.05) is 10.9 Å². The van der Waals surface area contributed by atoms with Crippen molar-refractivity contribution in [2.45, 2.75) is 25.1 Å². The van der Waals surface area contributed by atoms with Crippen LogP contribution in [0.2, 0.25) is 0 Å². The highest BCUT2D eigenvalue weighted by Gasteiger charge is 2.17. The van der Waals surface area contributed by atoms with Crippen molar-refractivity contribution in [3.05, 3.63) is 27.7 Å². The van der Waals surface area contributed by atoms with Gasteiger partial charge in [-0.2, -0.15) is 0 Å². The zero-order valence-corrected chi connectivity index (χ0v) is 10.4. The second-order valence-electron chi connectivity index (χ2n) is 3.46. The Hall–Kier alpha value is -0.210. The summed E-state index contributed by atoms with van der Waals surface area (Å²) in [6.45, 7) is 2.89. The van der Waals surface area contributed by atoms with Crippen LogP contribution in [0.15, 0.2) is 16.6 Å². The fourth-order valence-corrected chi connectivity index (χ4v) is 2.59. The minimum atomic E-state index is 0.0928. The molecule has 2 rings (SSSR count). The molecule has 0 amide bonds. The number of hydrogen-bond acceptors (Lipinski definition) is 1. The van der Waals surface area contributed by atoms with E-state index in [0.29, 0.717) is 0 Å². The molecule has 0 fully saturated rings. The maximum absolute atomic E-state index is 6.23. The summed E-state index contributed by atoms with van der Waals surface area (Å²) in [5.41, 5.74) is 2.46. The predicted molar refractivity (Wildman–Crippen MR) is 62.2 cm³/mol. The highest BCUT2D eigenvalue weighted by molar-refractivity contribution is 9.10. The molecule has 0 saturated heterocycles. The molecule has 1 atom stereocenters. The van der Waals surface area contributed by atoms with Gasteiger partial charge < -0.3 is 4.74 Å². The number of halogens is 2. The Bertz CT molecular complexity index is 351. The molecule has 1 heterocycles. The van der Waals surface area contributed by atoms with Crippen LogP contribution in [0, 0.1) is 0 Å². The van der Waals surface area contributed by atoms with Crippen LogP contribution >= 0.6 is 27.5 Å². The third kappa shape index (κ3) is 1.78. The van der Waals surface area contributed by atoms with Crippen molar-refractivity contribution < 1.29 is 4.74 Å². The van der Waals surface area contributed by atoms with Crippen LogP contribution in [-0.4, -0.2) is 6.61 Å². The maximum Gasteiger partial charge on any atom is 0.123 e. The van der Waals surface area contributed by atoms with Crippen molar-refractivity contribution in [3.63, 3.8) is 0 Å². The van der Waals surface area contributed by atoms with Crippen LogP contribution in [0.5, 0.6) is 5.75 Å². The van der Waals surface area contributed by atoms with Gasteiger partial charge >= 0.3 is 0 Å². The lowest BCUT2D eigenvalue weighted by atomic mass is 10.0. The van der Waals surface area contributed by atoms with Crippen molar-refractivity contribution in [1.82, 2.24) is 0 Å². The van der Waals surface area contributed by atoms with Crippen LogP contribution in [0.3, 0.4) is 0 Å². The van der Waals surface area contributed by atoms with Gasteiger partial charge in [-0.1, -0.05) is 22.9 Å². The van der Waals surface area contributed by atoms with Crippen molar-refractivity contribution in [2.24, 2.45) is 0 Å². The topological polar surface area (TPSA) is 9.23 Å². The standard InChI is InChI=1S/C11H12BrClO/c1-2-10(13)8-5-7-3-4-14-11(7)6-9(8)12/h5-6,10H,2-4H2,1H3. The van der Waals surface area contributed by atoms with Crippen LogP contribution < -0.4 is 4.74 Å². The Morgan fingerprint density at radius 2 is 2.36 bits per heavy atom. The number of hydrogen-bond donors (Lipinski definition) is 0. The summed E-state index contributed by atoms with van der Waals surface area (Å²) in [5, 5.41) is 0.0928. The van der Waals surface area contributed by atoms with E-state index in [2.05, 4.69) is 28.9 Å². The van der Waals surface area contributed by atoms with E-state index < -0.39 is 0 Å². The summed E-state index contributed by atoms with van der Waals surface area (Å²) < 4.78 is 6.53. The lowest BCUT2D eigenvalue weighted by Crippen LogP contribution is -1.91. The number of fused-ring (bicyclic) bond motifs is 1. The van der Waals surface area contributed by atoms with Crippen LogP contribution in [0.4, 0.5) is 0 Å². The summed E-state index contributed by atoms with van der Waals surface area (Å²) in [5.74, 6) is 1.00. The molecule has 1 aliphatic rings.